The van der Waals surface area contributed by atoms with Crippen LogP contribution in [0.2, 0.25) is 5.02 Å². The first-order valence-electron chi connectivity index (χ1n) is 5.54. The summed E-state index contributed by atoms with van der Waals surface area (Å²) in [6, 6.07) is 3.52. The summed E-state index contributed by atoms with van der Waals surface area (Å²) in [6.07, 6.45) is 1.56. The average molecular weight is 281 g/mol. The van der Waals surface area contributed by atoms with Gasteiger partial charge in [0.15, 0.2) is 5.82 Å². The summed E-state index contributed by atoms with van der Waals surface area (Å²) < 4.78 is 6.82. The second-order valence-electron chi connectivity index (χ2n) is 4.79. The fraction of sp³-hybridized carbons (Fsp3) is 0.333. The third-order valence-electron chi connectivity index (χ3n) is 2.39. The van der Waals surface area contributed by atoms with E-state index in [9.17, 15) is 5.11 Å². The molecule has 0 aliphatic rings. The van der Waals surface area contributed by atoms with Crippen LogP contribution < -0.4 is 10.5 Å². The highest BCUT2D eigenvalue weighted by atomic mass is 35.5. The molecule has 2 aromatic rings. The molecule has 0 aliphatic carbocycles. The van der Waals surface area contributed by atoms with Crippen LogP contribution in [0.25, 0.3) is 5.52 Å². The van der Waals surface area contributed by atoms with Crippen LogP contribution in [0.1, 0.15) is 19.4 Å². The molecular weight excluding hydrogens is 268 g/mol. The molecule has 0 aliphatic heterocycles. The number of rotatable bonds is 3. The highest BCUT2D eigenvalue weighted by Gasteiger charge is 2.17. The zero-order valence-electron chi connectivity index (χ0n) is 10.5. The molecule has 0 aromatic carbocycles. The lowest BCUT2D eigenvalue weighted by molar-refractivity contribution is 0.0283. The number of hydrogen-bond acceptors (Lipinski definition) is 5. The number of nitrogens with zero attached hydrogens (tertiary/aromatic N) is 3. The van der Waals surface area contributed by atoms with Gasteiger partial charge < -0.3 is 15.6 Å². The number of anilines is 1. The van der Waals surface area contributed by atoms with Gasteiger partial charge in [-0.25, -0.2) is 4.52 Å². The molecule has 7 heteroatoms. The van der Waals surface area contributed by atoms with E-state index in [-0.39, 0.29) is 18.0 Å². The quantitative estimate of drug-likeness (QED) is 0.890. The summed E-state index contributed by atoms with van der Waals surface area (Å²) in [5, 5.41) is 22.9. The average Bonchev–Trinajstić information content (AvgIpc) is 2.61. The van der Waals surface area contributed by atoms with Crippen molar-refractivity contribution in [3.8, 4) is 11.8 Å². The normalized spacial score (nSPS) is 11.5. The highest BCUT2D eigenvalue weighted by molar-refractivity contribution is 6.34. The van der Waals surface area contributed by atoms with Crippen LogP contribution in [0, 0.1) is 11.3 Å². The molecule has 0 unspecified atom stereocenters. The zero-order chi connectivity index (χ0) is 14.2. The van der Waals surface area contributed by atoms with Crippen molar-refractivity contribution in [3.63, 3.8) is 0 Å². The van der Waals surface area contributed by atoms with E-state index in [0.717, 1.165) is 0 Å². The van der Waals surface area contributed by atoms with Crippen molar-refractivity contribution in [2.45, 2.75) is 19.4 Å². The Labute approximate surface area is 115 Å². The van der Waals surface area contributed by atoms with E-state index in [1.807, 2.05) is 6.07 Å². The van der Waals surface area contributed by atoms with Crippen LogP contribution in [0.3, 0.4) is 0 Å². The molecule has 2 rings (SSSR count). The fourth-order valence-electron chi connectivity index (χ4n) is 1.57. The Hall–Kier alpha value is -1.97. The highest BCUT2D eigenvalue weighted by Crippen LogP contribution is 2.28. The van der Waals surface area contributed by atoms with Crippen LogP contribution in [0.15, 0.2) is 12.3 Å². The summed E-state index contributed by atoms with van der Waals surface area (Å²) in [6.45, 7) is 3.37. The van der Waals surface area contributed by atoms with E-state index in [1.165, 1.54) is 4.52 Å². The molecule has 6 nitrogen and oxygen atoms in total. The van der Waals surface area contributed by atoms with Gasteiger partial charge in [-0.05, 0) is 13.8 Å². The summed E-state index contributed by atoms with van der Waals surface area (Å²) in [5.41, 5.74) is 5.35. The van der Waals surface area contributed by atoms with E-state index in [0.29, 0.717) is 16.3 Å². The lowest BCUT2D eigenvalue weighted by Crippen LogP contribution is -2.27. The van der Waals surface area contributed by atoms with Gasteiger partial charge in [0, 0.05) is 6.07 Å². The van der Waals surface area contributed by atoms with Gasteiger partial charge in [0.25, 0.3) is 0 Å². The SMILES string of the molecule is CC(C)(O)COc1cc(Cl)c2c(C#N)c(N)nn2c1. The summed E-state index contributed by atoms with van der Waals surface area (Å²) in [4.78, 5) is 0. The Morgan fingerprint density at radius 1 is 1.63 bits per heavy atom. The van der Waals surface area contributed by atoms with E-state index >= 15 is 0 Å². The summed E-state index contributed by atoms with van der Waals surface area (Å²) >= 11 is 6.10. The zero-order valence-corrected chi connectivity index (χ0v) is 11.3. The molecule has 0 fully saturated rings. The predicted octanol–water partition coefficient (Wildman–Crippen LogP) is 1.59. The molecule has 0 saturated carbocycles. The number of aromatic nitrogens is 2. The number of hydrogen-bond donors (Lipinski definition) is 2. The maximum absolute atomic E-state index is 9.60. The van der Waals surface area contributed by atoms with Gasteiger partial charge in [0.1, 0.15) is 29.5 Å². The molecule has 3 N–H and O–H groups in total. The molecule has 0 bridgehead atoms. The Morgan fingerprint density at radius 2 is 2.32 bits per heavy atom. The smallest absolute Gasteiger partial charge is 0.164 e. The maximum Gasteiger partial charge on any atom is 0.164 e. The lowest BCUT2D eigenvalue weighted by Gasteiger charge is -2.17. The van der Waals surface area contributed by atoms with Crippen LogP contribution in [-0.2, 0) is 0 Å². The van der Waals surface area contributed by atoms with Crippen molar-refractivity contribution >= 4 is 22.9 Å². The number of pyridine rings is 1. The maximum atomic E-state index is 9.60. The minimum atomic E-state index is -0.956. The predicted molar refractivity (Wildman–Crippen MR) is 71.1 cm³/mol. The monoisotopic (exact) mass is 280 g/mol. The molecule has 2 heterocycles. The first-order chi connectivity index (χ1) is 8.81. The van der Waals surface area contributed by atoms with Crippen molar-refractivity contribution in [1.82, 2.24) is 9.61 Å². The molecule has 0 amide bonds. The molecule has 0 radical (unpaired) electrons. The molecule has 0 saturated heterocycles. The van der Waals surface area contributed by atoms with Gasteiger partial charge in [0.05, 0.1) is 16.8 Å². The number of aliphatic hydroxyl groups is 1. The van der Waals surface area contributed by atoms with Crippen LogP contribution in [0.5, 0.6) is 5.75 Å². The Morgan fingerprint density at radius 3 is 2.89 bits per heavy atom. The number of fused-ring (bicyclic) bond motifs is 1. The van der Waals surface area contributed by atoms with Gasteiger partial charge in [-0.15, -0.1) is 5.10 Å². The summed E-state index contributed by atoms with van der Waals surface area (Å²) in [7, 11) is 0. The molecule has 100 valence electrons. The third kappa shape index (κ3) is 2.72. The van der Waals surface area contributed by atoms with Crippen LogP contribution in [-0.4, -0.2) is 26.9 Å². The lowest BCUT2D eigenvalue weighted by atomic mass is 10.2. The minimum Gasteiger partial charge on any atom is -0.489 e. The van der Waals surface area contributed by atoms with Crippen molar-refractivity contribution in [1.29, 1.82) is 5.26 Å². The standard InChI is InChI=1S/C12H13ClN4O2/c1-12(2,18)6-19-7-3-9(13)10-8(4-14)11(15)16-17(10)5-7/h3,5,18H,6H2,1-2H3,(H2,15,16). The molecule has 0 atom stereocenters. The van der Waals surface area contributed by atoms with Gasteiger partial charge in [-0.3, -0.25) is 0 Å². The van der Waals surface area contributed by atoms with E-state index in [2.05, 4.69) is 5.10 Å². The van der Waals surface area contributed by atoms with E-state index < -0.39 is 5.60 Å². The Kier molecular flexibility index (Phi) is 3.27. The molecular formula is C12H13ClN4O2. The minimum absolute atomic E-state index is 0.108. The number of ether oxygens (including phenoxy) is 1. The number of nitriles is 1. The van der Waals surface area contributed by atoms with Crippen LogP contribution >= 0.6 is 11.6 Å². The largest absolute Gasteiger partial charge is 0.489 e. The Bertz CT molecular complexity index is 667. The number of nitrogen functional groups attached to an aromatic ring is 1. The van der Waals surface area contributed by atoms with Crippen molar-refractivity contribution in [3.05, 3.63) is 22.8 Å². The third-order valence-corrected chi connectivity index (χ3v) is 2.67. The van der Waals surface area contributed by atoms with Gasteiger partial charge in [-0.2, -0.15) is 5.26 Å². The number of halogens is 1. The molecule has 2 aromatic heterocycles. The first-order valence-corrected chi connectivity index (χ1v) is 5.92. The van der Waals surface area contributed by atoms with E-state index in [4.69, 9.17) is 27.3 Å². The fourth-order valence-corrected chi connectivity index (χ4v) is 1.86. The molecule has 0 spiro atoms. The second-order valence-corrected chi connectivity index (χ2v) is 5.20. The molecule has 19 heavy (non-hydrogen) atoms. The second kappa shape index (κ2) is 4.61. The summed E-state index contributed by atoms with van der Waals surface area (Å²) in [5.74, 6) is 0.552. The topological polar surface area (TPSA) is 96.6 Å². The van der Waals surface area contributed by atoms with Crippen molar-refractivity contribution in [2.75, 3.05) is 12.3 Å². The van der Waals surface area contributed by atoms with Gasteiger partial charge >= 0.3 is 0 Å². The van der Waals surface area contributed by atoms with Crippen LogP contribution in [0.4, 0.5) is 5.82 Å². The van der Waals surface area contributed by atoms with Gasteiger partial charge in [-0.1, -0.05) is 11.6 Å². The van der Waals surface area contributed by atoms with Gasteiger partial charge in [0.2, 0.25) is 0 Å². The van der Waals surface area contributed by atoms with E-state index in [1.54, 1.807) is 26.1 Å². The first kappa shape index (κ1) is 13.5. The van der Waals surface area contributed by atoms with Crippen molar-refractivity contribution < 1.29 is 9.84 Å². The van der Waals surface area contributed by atoms with Crippen molar-refractivity contribution in [2.24, 2.45) is 0 Å². The Balaban J connectivity index is 2.43. The number of nitrogens with two attached hydrogens (primary N) is 1.